The van der Waals surface area contributed by atoms with Crippen LogP contribution >= 0.6 is 15.9 Å². The molecule has 2 aromatic carbocycles. The highest BCUT2D eigenvalue weighted by Crippen LogP contribution is 2.32. The van der Waals surface area contributed by atoms with E-state index in [1.165, 1.54) is 18.2 Å². The number of benzene rings is 2. The molecule has 1 heterocycles. The van der Waals surface area contributed by atoms with Gasteiger partial charge in [0.15, 0.2) is 17.3 Å². The second-order valence-corrected chi connectivity index (χ2v) is 5.17. The molecule has 1 aliphatic heterocycles. The summed E-state index contributed by atoms with van der Waals surface area (Å²) in [5, 5.41) is 0. The first kappa shape index (κ1) is 13.1. The molecule has 0 aliphatic carbocycles. The summed E-state index contributed by atoms with van der Waals surface area (Å²) in [7, 11) is 0. The van der Waals surface area contributed by atoms with Crippen LogP contribution in [0.25, 0.3) is 0 Å². The van der Waals surface area contributed by atoms with E-state index < -0.39 is 5.82 Å². The van der Waals surface area contributed by atoms with Gasteiger partial charge in [-0.3, -0.25) is 4.79 Å². The highest BCUT2D eigenvalue weighted by atomic mass is 79.9. The molecular weight excluding hydrogens is 327 g/mol. The maximum atomic E-state index is 13.1. The predicted molar refractivity (Wildman–Crippen MR) is 75.0 cm³/mol. The molecule has 0 amide bonds. The largest absolute Gasteiger partial charge is 0.486 e. The van der Waals surface area contributed by atoms with Gasteiger partial charge in [-0.25, -0.2) is 4.39 Å². The number of ether oxygens (including phenoxy) is 2. The van der Waals surface area contributed by atoms with Crippen LogP contribution in [-0.2, 0) is 0 Å². The minimum absolute atomic E-state index is 0.200. The maximum Gasteiger partial charge on any atom is 0.194 e. The van der Waals surface area contributed by atoms with Crippen molar-refractivity contribution in [2.75, 3.05) is 13.2 Å². The highest BCUT2D eigenvalue weighted by Gasteiger charge is 2.17. The van der Waals surface area contributed by atoms with Crippen LogP contribution < -0.4 is 9.47 Å². The van der Waals surface area contributed by atoms with Crippen LogP contribution in [0.3, 0.4) is 0 Å². The summed E-state index contributed by atoms with van der Waals surface area (Å²) in [6.07, 6.45) is 0. The van der Waals surface area contributed by atoms with Gasteiger partial charge < -0.3 is 9.47 Å². The first-order valence-electron chi connectivity index (χ1n) is 6.04. The lowest BCUT2D eigenvalue weighted by Gasteiger charge is -2.18. The molecule has 0 atom stereocenters. The number of carbonyl (C=O) groups excluding carboxylic acids is 1. The Morgan fingerprint density at radius 1 is 1.05 bits per heavy atom. The van der Waals surface area contributed by atoms with Crippen LogP contribution in [0.15, 0.2) is 40.9 Å². The van der Waals surface area contributed by atoms with Crippen LogP contribution in [0.2, 0.25) is 0 Å². The Morgan fingerprint density at radius 3 is 2.55 bits per heavy atom. The fourth-order valence-corrected chi connectivity index (χ4v) is 2.54. The van der Waals surface area contributed by atoms with E-state index in [-0.39, 0.29) is 5.78 Å². The number of fused-ring (bicyclic) bond motifs is 1. The number of hydrogen-bond acceptors (Lipinski definition) is 3. The fourth-order valence-electron chi connectivity index (χ4n) is 2.01. The van der Waals surface area contributed by atoms with Gasteiger partial charge >= 0.3 is 0 Å². The van der Waals surface area contributed by atoms with Gasteiger partial charge in [-0.05, 0) is 52.3 Å². The van der Waals surface area contributed by atoms with E-state index in [9.17, 15) is 9.18 Å². The minimum Gasteiger partial charge on any atom is -0.486 e. The molecule has 0 bridgehead atoms. The molecule has 20 heavy (non-hydrogen) atoms. The van der Waals surface area contributed by atoms with E-state index in [4.69, 9.17) is 9.47 Å². The van der Waals surface area contributed by atoms with E-state index in [0.717, 1.165) is 0 Å². The molecule has 3 rings (SSSR count). The molecule has 3 nitrogen and oxygen atoms in total. The Bertz CT molecular complexity index is 685. The number of carbonyl (C=O) groups is 1. The van der Waals surface area contributed by atoms with Gasteiger partial charge in [-0.15, -0.1) is 0 Å². The van der Waals surface area contributed by atoms with E-state index >= 15 is 0 Å². The van der Waals surface area contributed by atoms with Crippen molar-refractivity contribution >= 4 is 21.7 Å². The second kappa shape index (κ2) is 5.25. The molecular formula is C15H10BrFO3. The third-order valence-corrected chi connectivity index (χ3v) is 3.64. The van der Waals surface area contributed by atoms with Gasteiger partial charge in [-0.1, -0.05) is 0 Å². The fraction of sp³-hybridized carbons (Fsp3) is 0.133. The minimum atomic E-state index is -0.393. The van der Waals surface area contributed by atoms with Crippen LogP contribution in [0.4, 0.5) is 4.39 Å². The lowest BCUT2D eigenvalue weighted by Crippen LogP contribution is -2.16. The average molecular weight is 337 g/mol. The Hall–Kier alpha value is -1.88. The summed E-state index contributed by atoms with van der Waals surface area (Å²) in [6, 6.07) is 9.01. The zero-order valence-corrected chi connectivity index (χ0v) is 11.9. The average Bonchev–Trinajstić information content (AvgIpc) is 2.46. The van der Waals surface area contributed by atoms with Crippen LogP contribution in [-0.4, -0.2) is 19.0 Å². The summed E-state index contributed by atoms with van der Waals surface area (Å²) in [5.41, 5.74) is 0.879. The Kier molecular flexibility index (Phi) is 3.44. The van der Waals surface area contributed by atoms with Crippen molar-refractivity contribution in [3.8, 4) is 11.5 Å². The van der Waals surface area contributed by atoms with E-state index in [2.05, 4.69) is 15.9 Å². The summed E-state index contributed by atoms with van der Waals surface area (Å²) in [5.74, 6) is 0.593. The van der Waals surface area contributed by atoms with E-state index in [1.807, 2.05) is 0 Å². The zero-order chi connectivity index (χ0) is 14.1. The van der Waals surface area contributed by atoms with Crippen molar-refractivity contribution in [3.63, 3.8) is 0 Å². The smallest absolute Gasteiger partial charge is 0.194 e. The van der Waals surface area contributed by atoms with Gasteiger partial charge in [0, 0.05) is 15.6 Å². The normalized spacial score (nSPS) is 13.1. The van der Waals surface area contributed by atoms with Crippen LogP contribution in [0.1, 0.15) is 15.9 Å². The highest BCUT2D eigenvalue weighted by molar-refractivity contribution is 9.10. The lowest BCUT2D eigenvalue weighted by atomic mass is 10.0. The molecule has 2 aromatic rings. The third-order valence-electron chi connectivity index (χ3n) is 2.98. The molecule has 0 fully saturated rings. The Morgan fingerprint density at radius 2 is 1.80 bits per heavy atom. The van der Waals surface area contributed by atoms with Crippen molar-refractivity contribution in [3.05, 3.63) is 57.8 Å². The first-order valence-corrected chi connectivity index (χ1v) is 6.84. The number of ketones is 1. The number of hydrogen-bond donors (Lipinski definition) is 0. The summed E-state index contributed by atoms with van der Waals surface area (Å²) in [6.45, 7) is 0.967. The molecule has 102 valence electrons. The molecule has 0 N–H and O–H groups in total. The van der Waals surface area contributed by atoms with Crippen molar-refractivity contribution in [2.45, 2.75) is 0 Å². The third kappa shape index (κ3) is 2.41. The maximum absolute atomic E-state index is 13.1. The van der Waals surface area contributed by atoms with Gasteiger partial charge in [0.2, 0.25) is 0 Å². The van der Waals surface area contributed by atoms with Gasteiger partial charge in [0.1, 0.15) is 19.0 Å². The molecule has 1 aliphatic rings. The monoisotopic (exact) mass is 336 g/mol. The van der Waals surface area contributed by atoms with Crippen molar-refractivity contribution < 1.29 is 18.7 Å². The van der Waals surface area contributed by atoms with E-state index in [0.29, 0.717) is 40.3 Å². The van der Waals surface area contributed by atoms with Crippen LogP contribution in [0, 0.1) is 5.82 Å². The Balaban J connectivity index is 1.98. The molecule has 0 saturated heterocycles. The lowest BCUT2D eigenvalue weighted by molar-refractivity contribution is 0.103. The van der Waals surface area contributed by atoms with E-state index in [1.54, 1.807) is 18.2 Å². The van der Waals surface area contributed by atoms with Crippen molar-refractivity contribution in [1.82, 2.24) is 0 Å². The zero-order valence-electron chi connectivity index (χ0n) is 10.4. The molecule has 0 unspecified atom stereocenters. The van der Waals surface area contributed by atoms with Gasteiger partial charge in [0.05, 0.1) is 0 Å². The molecule has 5 heteroatoms. The molecule has 0 saturated carbocycles. The Labute approximate surface area is 123 Å². The molecule has 0 radical (unpaired) electrons. The van der Waals surface area contributed by atoms with Gasteiger partial charge in [-0.2, -0.15) is 0 Å². The summed E-state index contributed by atoms with van der Waals surface area (Å²) < 4.78 is 24.3. The number of rotatable bonds is 2. The molecule has 0 aromatic heterocycles. The van der Waals surface area contributed by atoms with Crippen molar-refractivity contribution in [2.24, 2.45) is 0 Å². The number of halogens is 2. The standard InChI is InChI=1S/C15H10BrFO3/c16-12-8-10(17)2-3-11(12)15(18)9-1-4-13-14(7-9)20-6-5-19-13/h1-4,7-8H,5-6H2. The topological polar surface area (TPSA) is 35.5 Å². The quantitative estimate of drug-likeness (QED) is 0.786. The van der Waals surface area contributed by atoms with Crippen LogP contribution in [0.5, 0.6) is 11.5 Å². The van der Waals surface area contributed by atoms with Crippen molar-refractivity contribution in [1.29, 1.82) is 0 Å². The summed E-state index contributed by atoms with van der Waals surface area (Å²) >= 11 is 3.20. The molecule has 0 spiro atoms. The van der Waals surface area contributed by atoms with Gasteiger partial charge in [0.25, 0.3) is 0 Å². The predicted octanol–water partition coefficient (Wildman–Crippen LogP) is 3.59. The summed E-state index contributed by atoms with van der Waals surface area (Å²) in [4.78, 5) is 12.4. The SMILES string of the molecule is O=C(c1ccc2c(c1)OCCO2)c1ccc(F)cc1Br. The second-order valence-electron chi connectivity index (χ2n) is 4.31. The first-order chi connectivity index (χ1) is 9.65.